The largest absolute Gasteiger partial charge is 0.591 e. The van der Waals surface area contributed by atoms with Crippen molar-refractivity contribution in [3.8, 4) is 0 Å². The molecular formula is C8H15F2NOS. The molecule has 0 heterocycles. The van der Waals surface area contributed by atoms with Crippen LogP contribution in [0.1, 0.15) is 33.6 Å². The van der Waals surface area contributed by atoms with Gasteiger partial charge in [-0.3, -0.25) is 0 Å². The van der Waals surface area contributed by atoms with Crippen LogP contribution in [0.3, 0.4) is 0 Å². The van der Waals surface area contributed by atoms with Crippen LogP contribution in [-0.4, -0.2) is 21.9 Å². The van der Waals surface area contributed by atoms with Crippen LogP contribution >= 0.6 is 0 Å². The smallest absolute Gasteiger partial charge is 0.239 e. The summed E-state index contributed by atoms with van der Waals surface area (Å²) in [4.78, 5) is 0. The first-order valence-electron chi connectivity index (χ1n) is 4.06. The van der Waals surface area contributed by atoms with Crippen LogP contribution in [0.2, 0.25) is 0 Å². The second kappa shape index (κ2) is 5.54. The number of halogens is 2. The Morgan fingerprint density at radius 2 is 2.00 bits per heavy atom. The Bertz CT molecular complexity index is 168. The summed E-state index contributed by atoms with van der Waals surface area (Å²) in [5.41, 5.74) is 0. The monoisotopic (exact) mass is 211 g/mol. The van der Waals surface area contributed by atoms with E-state index in [0.717, 1.165) is 0 Å². The third-order valence-electron chi connectivity index (χ3n) is 1.21. The molecule has 0 spiro atoms. The fourth-order valence-corrected chi connectivity index (χ4v) is 1.04. The lowest BCUT2D eigenvalue weighted by Gasteiger charge is -2.17. The van der Waals surface area contributed by atoms with E-state index in [1.54, 1.807) is 20.8 Å². The first-order valence-corrected chi connectivity index (χ1v) is 5.17. The van der Waals surface area contributed by atoms with E-state index >= 15 is 0 Å². The van der Waals surface area contributed by atoms with Crippen molar-refractivity contribution in [3.05, 3.63) is 0 Å². The molecule has 0 aliphatic rings. The molecule has 0 saturated carbocycles. The maximum Gasteiger partial charge on any atom is 0.239 e. The summed E-state index contributed by atoms with van der Waals surface area (Å²) in [5, 5.41) is 0. The molecule has 13 heavy (non-hydrogen) atoms. The Morgan fingerprint density at radius 1 is 1.46 bits per heavy atom. The van der Waals surface area contributed by atoms with Crippen molar-refractivity contribution in [2.75, 3.05) is 0 Å². The Morgan fingerprint density at radius 3 is 2.38 bits per heavy atom. The minimum absolute atomic E-state index is 0.180. The summed E-state index contributed by atoms with van der Waals surface area (Å²) in [6.07, 6.45) is -1.03. The summed E-state index contributed by atoms with van der Waals surface area (Å²) in [7, 11) is 0. The molecule has 0 aliphatic heterocycles. The van der Waals surface area contributed by atoms with E-state index in [2.05, 4.69) is 4.40 Å². The van der Waals surface area contributed by atoms with Crippen LogP contribution in [0.25, 0.3) is 0 Å². The van der Waals surface area contributed by atoms with Gasteiger partial charge in [-0.2, -0.15) is 0 Å². The summed E-state index contributed by atoms with van der Waals surface area (Å²) >= 11 is -1.33. The van der Waals surface area contributed by atoms with E-state index < -0.39 is 22.5 Å². The molecule has 0 fully saturated rings. The number of hydrogen-bond acceptors (Lipinski definition) is 2. The average Bonchev–Trinajstić information content (AvgIpc) is 1.95. The first kappa shape index (κ1) is 12.8. The predicted molar refractivity (Wildman–Crippen MR) is 51.6 cm³/mol. The predicted octanol–water partition coefficient (Wildman–Crippen LogP) is 2.56. The average molecular weight is 211 g/mol. The molecular weight excluding hydrogens is 196 g/mol. The SMILES string of the molecule is CC(C)(C)[S+]([O-])N=CCCC(F)F. The lowest BCUT2D eigenvalue weighted by atomic mass is 10.3. The molecule has 0 aromatic carbocycles. The highest BCUT2D eigenvalue weighted by Crippen LogP contribution is 2.16. The van der Waals surface area contributed by atoms with Crippen LogP contribution in [-0.2, 0) is 11.4 Å². The van der Waals surface area contributed by atoms with Crippen molar-refractivity contribution < 1.29 is 13.3 Å². The van der Waals surface area contributed by atoms with E-state index in [-0.39, 0.29) is 12.8 Å². The summed E-state index contributed by atoms with van der Waals surface area (Å²) in [6, 6.07) is 0. The lowest BCUT2D eigenvalue weighted by molar-refractivity contribution is 0.140. The van der Waals surface area contributed by atoms with Crippen molar-refractivity contribution in [1.82, 2.24) is 0 Å². The minimum atomic E-state index is -2.31. The zero-order chi connectivity index (χ0) is 10.5. The van der Waals surface area contributed by atoms with Gasteiger partial charge in [0, 0.05) is 6.42 Å². The standard InChI is InChI=1S/C8H15F2NOS/c1-8(2,3)13(12)11-6-4-5-7(9)10/h6-7H,4-5H2,1-3H3. The third-order valence-corrected chi connectivity index (χ3v) is 2.60. The molecule has 1 unspecified atom stereocenters. The van der Waals surface area contributed by atoms with Gasteiger partial charge in [-0.25, -0.2) is 8.78 Å². The molecule has 0 aliphatic carbocycles. The van der Waals surface area contributed by atoms with E-state index in [4.69, 9.17) is 0 Å². The molecule has 0 amide bonds. The Balaban J connectivity index is 3.72. The van der Waals surface area contributed by atoms with Crippen molar-refractivity contribution in [1.29, 1.82) is 0 Å². The van der Waals surface area contributed by atoms with Crippen LogP contribution in [0.4, 0.5) is 8.78 Å². The maximum atomic E-state index is 11.7. The molecule has 0 rings (SSSR count). The molecule has 1 atom stereocenters. The third kappa shape index (κ3) is 6.95. The molecule has 0 N–H and O–H groups in total. The van der Waals surface area contributed by atoms with Crippen molar-refractivity contribution in [3.63, 3.8) is 0 Å². The van der Waals surface area contributed by atoms with Gasteiger partial charge in [0.05, 0.1) is 6.21 Å². The fourth-order valence-electron chi connectivity index (χ4n) is 0.479. The molecule has 0 aromatic heterocycles. The minimum Gasteiger partial charge on any atom is -0.591 e. The van der Waals surface area contributed by atoms with Gasteiger partial charge in [-0.05, 0) is 27.2 Å². The van der Waals surface area contributed by atoms with E-state index in [1.807, 2.05) is 0 Å². The van der Waals surface area contributed by atoms with Gasteiger partial charge in [-0.15, -0.1) is 0 Å². The summed E-state index contributed by atoms with van der Waals surface area (Å²) < 4.78 is 37.8. The van der Waals surface area contributed by atoms with Crippen LogP contribution < -0.4 is 0 Å². The zero-order valence-corrected chi connectivity index (χ0v) is 8.91. The van der Waals surface area contributed by atoms with E-state index in [0.29, 0.717) is 0 Å². The molecule has 78 valence electrons. The summed E-state index contributed by atoms with van der Waals surface area (Å²) in [6.45, 7) is 5.36. The molecule has 0 aromatic rings. The second-order valence-electron chi connectivity index (χ2n) is 3.62. The molecule has 0 radical (unpaired) electrons. The van der Waals surface area contributed by atoms with Crippen LogP contribution in [0.15, 0.2) is 4.40 Å². The first-order chi connectivity index (χ1) is 5.84. The highest BCUT2D eigenvalue weighted by molar-refractivity contribution is 7.91. The molecule has 0 bridgehead atoms. The molecule has 2 nitrogen and oxygen atoms in total. The van der Waals surface area contributed by atoms with E-state index in [9.17, 15) is 13.3 Å². The normalized spacial score (nSPS) is 15.6. The molecule has 5 heteroatoms. The van der Waals surface area contributed by atoms with Gasteiger partial charge in [0.1, 0.15) is 16.1 Å². The van der Waals surface area contributed by atoms with Crippen molar-refractivity contribution in [2.45, 2.75) is 44.8 Å². The van der Waals surface area contributed by atoms with Gasteiger partial charge in [0.25, 0.3) is 0 Å². The van der Waals surface area contributed by atoms with Gasteiger partial charge >= 0.3 is 0 Å². The maximum absolute atomic E-state index is 11.7. The van der Waals surface area contributed by atoms with Crippen molar-refractivity contribution >= 4 is 17.6 Å². The van der Waals surface area contributed by atoms with Gasteiger partial charge in [0.2, 0.25) is 6.43 Å². The topological polar surface area (TPSA) is 35.4 Å². The highest BCUT2D eigenvalue weighted by Gasteiger charge is 2.25. The Labute approximate surface area is 80.8 Å². The Hall–Kier alpha value is -0.160. The number of rotatable bonds is 4. The number of nitrogens with zero attached hydrogens (tertiary/aromatic N) is 1. The lowest BCUT2D eigenvalue weighted by Crippen LogP contribution is -2.25. The highest BCUT2D eigenvalue weighted by atomic mass is 32.2. The van der Waals surface area contributed by atoms with Crippen LogP contribution in [0, 0.1) is 0 Å². The number of hydrogen-bond donors (Lipinski definition) is 0. The quantitative estimate of drug-likeness (QED) is 0.520. The Kier molecular flexibility index (Phi) is 5.48. The van der Waals surface area contributed by atoms with Gasteiger partial charge in [-0.1, -0.05) is 4.40 Å². The van der Waals surface area contributed by atoms with Crippen molar-refractivity contribution in [2.24, 2.45) is 4.40 Å². The fraction of sp³-hybridized carbons (Fsp3) is 0.875. The van der Waals surface area contributed by atoms with Gasteiger partial charge in [0.15, 0.2) is 0 Å². The molecule has 0 saturated heterocycles. The van der Waals surface area contributed by atoms with Crippen LogP contribution in [0.5, 0.6) is 0 Å². The van der Waals surface area contributed by atoms with Gasteiger partial charge < -0.3 is 4.55 Å². The van der Waals surface area contributed by atoms with E-state index in [1.165, 1.54) is 6.21 Å². The zero-order valence-electron chi connectivity index (χ0n) is 8.09. The number of alkyl halides is 2. The summed E-state index contributed by atoms with van der Waals surface area (Å²) in [5.74, 6) is 0. The second-order valence-corrected chi connectivity index (χ2v) is 5.55.